The van der Waals surface area contributed by atoms with Crippen LogP contribution in [0.15, 0.2) is 77.7 Å². The zero-order valence-corrected chi connectivity index (χ0v) is 25.4. The number of anilines is 1. The minimum absolute atomic E-state index is 0.0595. The molecule has 4 rings (SSSR count). The van der Waals surface area contributed by atoms with Gasteiger partial charge in [0.25, 0.3) is 10.0 Å². The van der Waals surface area contributed by atoms with Gasteiger partial charge in [-0.25, -0.2) is 8.42 Å². The first kappa shape index (κ1) is 30.6. The Kier molecular flexibility index (Phi) is 10.1. The van der Waals surface area contributed by atoms with Crippen LogP contribution in [0.5, 0.6) is 0 Å². The van der Waals surface area contributed by atoms with Crippen molar-refractivity contribution in [1.29, 1.82) is 0 Å². The second-order valence-corrected chi connectivity index (χ2v) is 13.0. The number of carbonyl (C=O) groups is 2. The van der Waals surface area contributed by atoms with Crippen molar-refractivity contribution in [3.8, 4) is 0 Å². The monoisotopic (exact) mass is 595 g/mol. The molecule has 0 heterocycles. The summed E-state index contributed by atoms with van der Waals surface area (Å²) in [6.45, 7) is 4.95. The molecule has 3 aromatic rings. The van der Waals surface area contributed by atoms with E-state index in [1.807, 2.05) is 19.1 Å². The van der Waals surface area contributed by atoms with Crippen LogP contribution in [0.3, 0.4) is 0 Å². The summed E-state index contributed by atoms with van der Waals surface area (Å²) in [6, 6.07) is 20.0. The molecule has 0 unspecified atom stereocenters. The lowest BCUT2D eigenvalue weighted by molar-refractivity contribution is -0.139. The maximum atomic E-state index is 14.1. The Morgan fingerprint density at radius 2 is 1.56 bits per heavy atom. The van der Waals surface area contributed by atoms with Crippen LogP contribution in [0, 0.1) is 13.8 Å². The van der Waals surface area contributed by atoms with Crippen LogP contribution in [0.1, 0.15) is 55.7 Å². The molecule has 7 nitrogen and oxygen atoms in total. The van der Waals surface area contributed by atoms with E-state index in [-0.39, 0.29) is 23.4 Å². The van der Waals surface area contributed by atoms with E-state index in [1.54, 1.807) is 74.5 Å². The van der Waals surface area contributed by atoms with Gasteiger partial charge in [0, 0.05) is 17.6 Å². The van der Waals surface area contributed by atoms with Crippen molar-refractivity contribution in [3.05, 3.63) is 94.5 Å². The largest absolute Gasteiger partial charge is 0.352 e. The van der Waals surface area contributed by atoms with Gasteiger partial charge in [-0.2, -0.15) is 0 Å². The summed E-state index contributed by atoms with van der Waals surface area (Å²) in [7, 11) is -4.11. The maximum absolute atomic E-state index is 14.1. The van der Waals surface area contributed by atoms with Crippen molar-refractivity contribution < 1.29 is 18.0 Å². The highest BCUT2D eigenvalue weighted by molar-refractivity contribution is 7.92. The zero-order chi connectivity index (χ0) is 29.6. The van der Waals surface area contributed by atoms with Crippen molar-refractivity contribution >= 4 is 39.1 Å². The minimum Gasteiger partial charge on any atom is -0.352 e. The molecule has 0 aliphatic heterocycles. The molecule has 1 fully saturated rings. The number of hydrogen-bond donors (Lipinski definition) is 1. The third-order valence-corrected chi connectivity index (χ3v) is 9.83. The fraction of sp³-hybridized carbons (Fsp3) is 0.375. The highest BCUT2D eigenvalue weighted by Gasteiger charge is 2.34. The summed E-state index contributed by atoms with van der Waals surface area (Å²) >= 11 is 6.46. The lowest BCUT2D eigenvalue weighted by Crippen LogP contribution is -2.53. The minimum atomic E-state index is -4.11. The Bertz CT molecular complexity index is 1470. The van der Waals surface area contributed by atoms with Gasteiger partial charge in [0.1, 0.15) is 12.6 Å². The Morgan fingerprint density at radius 3 is 2.22 bits per heavy atom. The molecule has 41 heavy (non-hydrogen) atoms. The van der Waals surface area contributed by atoms with Crippen LogP contribution < -0.4 is 9.62 Å². The highest BCUT2D eigenvalue weighted by atomic mass is 35.5. The first-order valence-electron chi connectivity index (χ1n) is 14.1. The number of nitrogens with one attached hydrogen (secondary N) is 1. The van der Waals surface area contributed by atoms with Crippen LogP contribution in [0.25, 0.3) is 0 Å². The van der Waals surface area contributed by atoms with E-state index < -0.39 is 28.5 Å². The number of hydrogen-bond acceptors (Lipinski definition) is 4. The Hall–Kier alpha value is -3.36. The molecule has 1 aliphatic rings. The standard InChI is InChI=1S/C32H38ClN3O4S/c1-23-17-19-28(20-18-23)41(39,40)36(30-16-10-7-11-24(30)2)22-31(37)35(21-26-12-8-9-15-29(26)33)25(3)32(38)34-27-13-5-4-6-14-27/h7-12,15-20,25,27H,4-6,13-14,21-22H2,1-3H3,(H,34,38)/t25-/m0/s1. The molecule has 218 valence electrons. The van der Waals surface area contributed by atoms with Crippen LogP contribution in [0.2, 0.25) is 5.02 Å². The lowest BCUT2D eigenvalue weighted by atomic mass is 9.95. The quantitative estimate of drug-likeness (QED) is 0.311. The molecule has 0 radical (unpaired) electrons. The molecule has 1 atom stereocenters. The Labute approximate surface area is 248 Å². The molecule has 1 aliphatic carbocycles. The number of amides is 2. The van der Waals surface area contributed by atoms with E-state index in [0.717, 1.165) is 42.0 Å². The van der Waals surface area contributed by atoms with Crippen LogP contribution in [-0.2, 0) is 26.2 Å². The normalized spacial score (nSPS) is 14.7. The van der Waals surface area contributed by atoms with Gasteiger partial charge in [-0.1, -0.05) is 85.0 Å². The summed E-state index contributed by atoms with van der Waals surface area (Å²) in [5.74, 6) is -0.767. The Morgan fingerprint density at radius 1 is 0.927 bits per heavy atom. The molecule has 1 saturated carbocycles. The predicted molar refractivity (Wildman–Crippen MR) is 163 cm³/mol. The molecule has 9 heteroatoms. The van der Waals surface area contributed by atoms with Crippen molar-refractivity contribution in [3.63, 3.8) is 0 Å². The number of rotatable bonds is 10. The molecule has 0 aromatic heterocycles. The molecular formula is C32H38ClN3O4S. The van der Waals surface area contributed by atoms with Gasteiger partial charge in [0.2, 0.25) is 11.8 Å². The number of para-hydroxylation sites is 1. The summed E-state index contributed by atoms with van der Waals surface area (Å²) in [4.78, 5) is 29.1. The van der Waals surface area contributed by atoms with Crippen molar-refractivity contribution in [2.45, 2.75) is 76.4 Å². The number of nitrogens with zero attached hydrogens (tertiary/aromatic N) is 2. The SMILES string of the molecule is Cc1ccc(S(=O)(=O)N(CC(=O)N(Cc2ccccc2Cl)[C@@H](C)C(=O)NC2CCCCC2)c2ccccc2C)cc1. The first-order chi connectivity index (χ1) is 19.6. The van der Waals surface area contributed by atoms with Crippen LogP contribution in [-0.4, -0.2) is 43.8 Å². The van der Waals surface area contributed by atoms with Gasteiger partial charge in [-0.05, 0) is 69.0 Å². The second kappa shape index (κ2) is 13.5. The average Bonchev–Trinajstić information content (AvgIpc) is 2.96. The van der Waals surface area contributed by atoms with Gasteiger partial charge in [-0.3, -0.25) is 13.9 Å². The van der Waals surface area contributed by atoms with E-state index in [1.165, 1.54) is 4.90 Å². The van der Waals surface area contributed by atoms with Gasteiger partial charge in [0.05, 0.1) is 10.6 Å². The van der Waals surface area contributed by atoms with E-state index in [9.17, 15) is 18.0 Å². The average molecular weight is 596 g/mol. The molecular weight excluding hydrogens is 558 g/mol. The fourth-order valence-corrected chi connectivity index (χ4v) is 6.83. The molecule has 0 spiro atoms. The van der Waals surface area contributed by atoms with Gasteiger partial charge >= 0.3 is 0 Å². The van der Waals surface area contributed by atoms with Crippen LogP contribution >= 0.6 is 11.6 Å². The Balaban J connectivity index is 1.69. The third-order valence-electron chi connectivity index (χ3n) is 7.69. The van der Waals surface area contributed by atoms with Gasteiger partial charge in [0.15, 0.2) is 0 Å². The summed E-state index contributed by atoms with van der Waals surface area (Å²) in [5.41, 5.74) is 2.70. The number of carbonyl (C=O) groups excluding carboxylic acids is 2. The van der Waals surface area contributed by atoms with Gasteiger partial charge < -0.3 is 10.2 Å². The van der Waals surface area contributed by atoms with E-state index in [0.29, 0.717) is 21.8 Å². The molecule has 3 aromatic carbocycles. The molecule has 0 bridgehead atoms. The number of benzene rings is 3. The fourth-order valence-electron chi connectivity index (χ4n) is 5.16. The molecule has 1 N–H and O–H groups in total. The van der Waals surface area contributed by atoms with Crippen molar-refractivity contribution in [1.82, 2.24) is 10.2 Å². The van der Waals surface area contributed by atoms with Crippen LogP contribution in [0.4, 0.5) is 5.69 Å². The number of sulfonamides is 1. The first-order valence-corrected chi connectivity index (χ1v) is 15.9. The zero-order valence-electron chi connectivity index (χ0n) is 23.8. The third kappa shape index (κ3) is 7.49. The number of halogens is 1. The molecule has 0 saturated heterocycles. The number of aryl methyl sites for hydroxylation is 2. The van der Waals surface area contributed by atoms with E-state index in [4.69, 9.17) is 11.6 Å². The van der Waals surface area contributed by atoms with E-state index >= 15 is 0 Å². The van der Waals surface area contributed by atoms with Crippen molar-refractivity contribution in [2.24, 2.45) is 0 Å². The highest BCUT2D eigenvalue weighted by Crippen LogP contribution is 2.28. The summed E-state index contributed by atoms with van der Waals surface area (Å²) < 4.78 is 29.1. The summed E-state index contributed by atoms with van der Waals surface area (Å²) in [6.07, 6.45) is 5.09. The maximum Gasteiger partial charge on any atom is 0.264 e. The van der Waals surface area contributed by atoms with Crippen molar-refractivity contribution in [2.75, 3.05) is 10.8 Å². The molecule has 2 amide bonds. The van der Waals surface area contributed by atoms with Gasteiger partial charge in [-0.15, -0.1) is 0 Å². The topological polar surface area (TPSA) is 86.8 Å². The smallest absolute Gasteiger partial charge is 0.264 e. The predicted octanol–water partition coefficient (Wildman–Crippen LogP) is 6.02. The summed E-state index contributed by atoms with van der Waals surface area (Å²) in [5, 5.41) is 3.58. The second-order valence-electron chi connectivity index (χ2n) is 10.7. The van der Waals surface area contributed by atoms with E-state index in [2.05, 4.69) is 5.32 Å². The lowest BCUT2D eigenvalue weighted by Gasteiger charge is -2.33.